The number of nitrogens with one attached hydrogen (secondary N) is 1. The predicted molar refractivity (Wildman–Crippen MR) is 79.3 cm³/mol. The molecule has 1 fully saturated rings. The number of aromatic nitrogens is 1. The van der Waals surface area contributed by atoms with Gasteiger partial charge in [0.2, 0.25) is 5.91 Å². The van der Waals surface area contributed by atoms with Gasteiger partial charge in [-0.2, -0.15) is 0 Å². The van der Waals surface area contributed by atoms with E-state index in [-0.39, 0.29) is 17.5 Å². The van der Waals surface area contributed by atoms with Gasteiger partial charge in [0.25, 0.3) is 0 Å². The van der Waals surface area contributed by atoms with Crippen LogP contribution in [0.15, 0.2) is 18.5 Å². The van der Waals surface area contributed by atoms with Crippen molar-refractivity contribution >= 4 is 17.6 Å². The number of carbonyl (C=O) groups is 2. The van der Waals surface area contributed by atoms with Gasteiger partial charge in [0, 0.05) is 18.3 Å². The lowest BCUT2D eigenvalue weighted by Crippen LogP contribution is -2.46. The molecule has 0 bridgehead atoms. The van der Waals surface area contributed by atoms with Crippen molar-refractivity contribution in [3.63, 3.8) is 0 Å². The van der Waals surface area contributed by atoms with Crippen molar-refractivity contribution in [2.24, 2.45) is 0 Å². The van der Waals surface area contributed by atoms with Gasteiger partial charge >= 0.3 is 5.97 Å². The summed E-state index contributed by atoms with van der Waals surface area (Å²) >= 11 is 0. The second-order valence-corrected chi connectivity index (χ2v) is 5.66. The van der Waals surface area contributed by atoms with Crippen LogP contribution in [0.3, 0.4) is 0 Å². The van der Waals surface area contributed by atoms with Crippen molar-refractivity contribution in [1.82, 2.24) is 9.88 Å². The highest BCUT2D eigenvalue weighted by molar-refractivity contribution is 5.96. The van der Waals surface area contributed by atoms with Crippen LogP contribution in [0.25, 0.3) is 0 Å². The molecule has 3 atom stereocenters. The van der Waals surface area contributed by atoms with E-state index in [1.54, 1.807) is 0 Å². The number of carbonyl (C=O) groups excluding carboxylic acids is 1. The summed E-state index contributed by atoms with van der Waals surface area (Å²) in [6.45, 7) is 6.13. The third-order valence-electron chi connectivity index (χ3n) is 4.10. The van der Waals surface area contributed by atoms with Gasteiger partial charge in [0.15, 0.2) is 0 Å². The number of aromatic carboxylic acids is 1. The number of likely N-dealkylation sites (tertiary alicyclic amines) is 1. The molecule has 3 unspecified atom stereocenters. The van der Waals surface area contributed by atoms with E-state index in [2.05, 4.69) is 29.0 Å². The van der Waals surface area contributed by atoms with E-state index in [4.69, 9.17) is 5.11 Å². The summed E-state index contributed by atoms with van der Waals surface area (Å²) in [7, 11) is 0. The summed E-state index contributed by atoms with van der Waals surface area (Å²) in [5.74, 6) is -1.20. The Morgan fingerprint density at radius 3 is 2.52 bits per heavy atom. The molecule has 0 radical (unpaired) electrons. The normalized spacial score (nSPS) is 23.8. The number of anilines is 1. The molecule has 6 heteroatoms. The van der Waals surface area contributed by atoms with Gasteiger partial charge in [0.1, 0.15) is 0 Å². The van der Waals surface area contributed by atoms with Crippen LogP contribution in [0.2, 0.25) is 0 Å². The summed E-state index contributed by atoms with van der Waals surface area (Å²) in [6.07, 6.45) is 4.89. The monoisotopic (exact) mass is 291 g/mol. The fourth-order valence-corrected chi connectivity index (χ4v) is 2.99. The number of carboxylic acids is 1. The number of pyridine rings is 1. The molecule has 1 aromatic rings. The Hall–Kier alpha value is -1.95. The van der Waals surface area contributed by atoms with Crippen LogP contribution in [-0.2, 0) is 4.79 Å². The highest BCUT2D eigenvalue weighted by atomic mass is 16.4. The Morgan fingerprint density at radius 1 is 1.33 bits per heavy atom. The molecule has 0 saturated carbocycles. The zero-order valence-corrected chi connectivity index (χ0v) is 12.5. The summed E-state index contributed by atoms with van der Waals surface area (Å²) in [4.78, 5) is 29.3. The van der Waals surface area contributed by atoms with Gasteiger partial charge in [-0.1, -0.05) is 0 Å². The SMILES string of the molecule is CC1CCC(C)N1C(C)C(=O)Nc1cncc(C(=O)O)c1. The summed E-state index contributed by atoms with van der Waals surface area (Å²) in [5.41, 5.74) is 0.467. The number of nitrogens with zero attached hydrogens (tertiary/aromatic N) is 2. The van der Waals surface area contributed by atoms with E-state index in [9.17, 15) is 9.59 Å². The molecule has 2 rings (SSSR count). The standard InChI is InChI=1S/C15H21N3O3/c1-9-4-5-10(2)18(9)11(3)14(19)17-13-6-12(15(20)21)7-16-8-13/h6-11H,4-5H2,1-3H3,(H,17,19)(H,20,21). The average Bonchev–Trinajstić information content (AvgIpc) is 2.77. The first-order valence-corrected chi connectivity index (χ1v) is 7.16. The van der Waals surface area contributed by atoms with E-state index in [0.717, 1.165) is 12.8 Å². The second kappa shape index (κ2) is 6.22. The minimum absolute atomic E-state index is 0.0587. The Morgan fingerprint density at radius 2 is 1.95 bits per heavy atom. The van der Waals surface area contributed by atoms with E-state index in [1.165, 1.54) is 18.5 Å². The molecule has 0 spiro atoms. The fourth-order valence-electron chi connectivity index (χ4n) is 2.99. The molecule has 114 valence electrons. The van der Waals surface area contributed by atoms with Crippen molar-refractivity contribution in [2.75, 3.05) is 5.32 Å². The first-order valence-electron chi connectivity index (χ1n) is 7.16. The van der Waals surface area contributed by atoms with Crippen LogP contribution in [0.1, 0.15) is 44.0 Å². The minimum Gasteiger partial charge on any atom is -0.478 e. The summed E-state index contributed by atoms with van der Waals surface area (Å²) in [5, 5.41) is 11.7. The molecule has 2 N–H and O–H groups in total. The van der Waals surface area contributed by atoms with Crippen molar-refractivity contribution in [3.8, 4) is 0 Å². The van der Waals surface area contributed by atoms with Crippen molar-refractivity contribution < 1.29 is 14.7 Å². The zero-order valence-electron chi connectivity index (χ0n) is 12.5. The van der Waals surface area contributed by atoms with E-state index in [0.29, 0.717) is 17.8 Å². The first-order chi connectivity index (χ1) is 9.90. The molecule has 0 aliphatic carbocycles. The Kier molecular flexibility index (Phi) is 4.57. The van der Waals surface area contributed by atoms with Gasteiger partial charge in [-0.25, -0.2) is 4.79 Å². The molecule has 1 aromatic heterocycles. The molecule has 1 aliphatic rings. The topological polar surface area (TPSA) is 82.5 Å². The van der Waals surface area contributed by atoms with Gasteiger partial charge in [-0.05, 0) is 39.7 Å². The molecular formula is C15H21N3O3. The largest absolute Gasteiger partial charge is 0.478 e. The van der Waals surface area contributed by atoms with Crippen LogP contribution < -0.4 is 5.32 Å². The fraction of sp³-hybridized carbons (Fsp3) is 0.533. The molecule has 6 nitrogen and oxygen atoms in total. The van der Waals surface area contributed by atoms with E-state index in [1.807, 2.05) is 6.92 Å². The maximum absolute atomic E-state index is 12.3. The van der Waals surface area contributed by atoms with Gasteiger partial charge < -0.3 is 10.4 Å². The van der Waals surface area contributed by atoms with Crippen LogP contribution in [-0.4, -0.2) is 45.0 Å². The number of carboxylic acid groups (broad SMARTS) is 1. The van der Waals surface area contributed by atoms with Gasteiger partial charge in [-0.15, -0.1) is 0 Å². The molecule has 1 aliphatic heterocycles. The smallest absolute Gasteiger partial charge is 0.337 e. The second-order valence-electron chi connectivity index (χ2n) is 5.66. The van der Waals surface area contributed by atoms with E-state index >= 15 is 0 Å². The number of amides is 1. The lowest BCUT2D eigenvalue weighted by Gasteiger charge is -2.31. The zero-order chi connectivity index (χ0) is 15.6. The average molecular weight is 291 g/mol. The van der Waals surface area contributed by atoms with Gasteiger partial charge in [0.05, 0.1) is 23.5 Å². The molecule has 0 aromatic carbocycles. The van der Waals surface area contributed by atoms with Crippen LogP contribution >= 0.6 is 0 Å². The third-order valence-corrected chi connectivity index (χ3v) is 4.10. The maximum atomic E-state index is 12.3. The number of rotatable bonds is 4. The first kappa shape index (κ1) is 15.4. The molecular weight excluding hydrogens is 270 g/mol. The lowest BCUT2D eigenvalue weighted by molar-refractivity contribution is -0.121. The number of hydrogen-bond donors (Lipinski definition) is 2. The van der Waals surface area contributed by atoms with Crippen molar-refractivity contribution in [2.45, 2.75) is 51.7 Å². The minimum atomic E-state index is -1.06. The Labute approximate surface area is 124 Å². The molecule has 1 amide bonds. The lowest BCUT2D eigenvalue weighted by atomic mass is 10.2. The summed E-state index contributed by atoms with van der Waals surface area (Å²) in [6, 6.07) is 1.91. The van der Waals surface area contributed by atoms with E-state index < -0.39 is 5.97 Å². The van der Waals surface area contributed by atoms with Crippen molar-refractivity contribution in [1.29, 1.82) is 0 Å². The Bertz CT molecular complexity index is 537. The quantitative estimate of drug-likeness (QED) is 0.886. The highest BCUT2D eigenvalue weighted by Crippen LogP contribution is 2.26. The van der Waals surface area contributed by atoms with Gasteiger partial charge in [-0.3, -0.25) is 14.7 Å². The third kappa shape index (κ3) is 3.39. The Balaban J connectivity index is 2.07. The highest BCUT2D eigenvalue weighted by Gasteiger charge is 2.34. The predicted octanol–water partition coefficient (Wildman–Crippen LogP) is 1.98. The van der Waals surface area contributed by atoms with Crippen LogP contribution in [0, 0.1) is 0 Å². The van der Waals surface area contributed by atoms with Crippen LogP contribution in [0.4, 0.5) is 5.69 Å². The van der Waals surface area contributed by atoms with Crippen LogP contribution in [0.5, 0.6) is 0 Å². The molecule has 21 heavy (non-hydrogen) atoms. The molecule has 1 saturated heterocycles. The van der Waals surface area contributed by atoms with Crippen molar-refractivity contribution in [3.05, 3.63) is 24.0 Å². The number of hydrogen-bond acceptors (Lipinski definition) is 4. The summed E-state index contributed by atoms with van der Waals surface area (Å²) < 4.78 is 0. The maximum Gasteiger partial charge on any atom is 0.337 e. The molecule has 2 heterocycles.